The van der Waals surface area contributed by atoms with E-state index in [1.54, 1.807) is 4.68 Å². The topological polar surface area (TPSA) is 78.3 Å². The Morgan fingerprint density at radius 1 is 1.21 bits per heavy atom. The van der Waals surface area contributed by atoms with Crippen molar-refractivity contribution in [1.82, 2.24) is 14.8 Å². The van der Waals surface area contributed by atoms with Gasteiger partial charge in [0.2, 0.25) is 11.9 Å². The van der Waals surface area contributed by atoms with Crippen LogP contribution in [-0.2, 0) is 11.4 Å². The number of nitrogens with zero attached hydrogens (tertiary/aromatic N) is 3. The van der Waals surface area contributed by atoms with Crippen LogP contribution in [-0.4, -0.2) is 27.3 Å². The fourth-order valence-corrected chi connectivity index (χ4v) is 3.35. The second-order valence-electron chi connectivity index (χ2n) is 6.32. The first kappa shape index (κ1) is 18.3. The highest BCUT2D eigenvalue weighted by atomic mass is 35.5. The van der Waals surface area contributed by atoms with Crippen LogP contribution in [0.5, 0.6) is 11.5 Å². The Morgan fingerprint density at radius 3 is 2.89 bits per heavy atom. The monoisotopic (exact) mass is 398 g/mol. The molecule has 1 unspecified atom stereocenters. The van der Waals surface area contributed by atoms with Crippen LogP contribution in [0.15, 0.2) is 48.8 Å². The van der Waals surface area contributed by atoms with Gasteiger partial charge in [0, 0.05) is 10.6 Å². The first-order valence-corrected chi connectivity index (χ1v) is 9.36. The molecule has 0 spiro atoms. The molecule has 1 aliphatic heterocycles. The predicted molar refractivity (Wildman–Crippen MR) is 105 cm³/mol. The van der Waals surface area contributed by atoms with Gasteiger partial charge in [-0.2, -0.15) is 10.1 Å². The van der Waals surface area contributed by atoms with Gasteiger partial charge in [-0.25, -0.2) is 4.68 Å². The Kier molecular flexibility index (Phi) is 5.16. The minimum atomic E-state index is -0.247. The average Bonchev–Trinajstić information content (AvgIpc) is 3.16. The van der Waals surface area contributed by atoms with Gasteiger partial charge in [0.25, 0.3) is 0 Å². The number of carbonyl (C=O) groups excluding carboxylic acids is 1. The lowest BCUT2D eigenvalue weighted by Crippen LogP contribution is -2.29. The molecule has 0 saturated heterocycles. The number of anilines is 1. The number of hydrogen-bond donors (Lipinski definition) is 1. The standard InChI is InChI=1S/C20H19ClN4O3/c1-2-27-18-9-13(16-10-19(26)24-20-22-12-23-25(16)20)7-8-17(18)28-11-14-5-3-4-6-15(14)21/h3-9,12,16H,2,10-11H2,1H3,(H,22,23,24,26). The molecular weight excluding hydrogens is 380 g/mol. The normalized spacial score (nSPS) is 15.6. The zero-order valence-electron chi connectivity index (χ0n) is 15.3. The van der Waals surface area contributed by atoms with Gasteiger partial charge in [-0.1, -0.05) is 35.9 Å². The van der Waals surface area contributed by atoms with Crippen molar-refractivity contribution < 1.29 is 14.3 Å². The van der Waals surface area contributed by atoms with Crippen LogP contribution >= 0.6 is 11.6 Å². The van der Waals surface area contributed by atoms with Crippen molar-refractivity contribution in [2.75, 3.05) is 11.9 Å². The number of nitrogens with one attached hydrogen (secondary N) is 1. The molecule has 0 radical (unpaired) electrons. The molecule has 7 nitrogen and oxygen atoms in total. The number of rotatable bonds is 6. The Morgan fingerprint density at radius 2 is 2.07 bits per heavy atom. The van der Waals surface area contributed by atoms with Gasteiger partial charge in [-0.15, -0.1) is 0 Å². The van der Waals surface area contributed by atoms with Crippen molar-refractivity contribution in [3.63, 3.8) is 0 Å². The van der Waals surface area contributed by atoms with Crippen LogP contribution in [0, 0.1) is 0 Å². The molecule has 0 fully saturated rings. The van der Waals surface area contributed by atoms with Crippen molar-refractivity contribution >= 4 is 23.5 Å². The molecule has 1 atom stereocenters. The van der Waals surface area contributed by atoms with E-state index in [9.17, 15) is 4.79 Å². The third-order valence-electron chi connectivity index (χ3n) is 4.49. The minimum absolute atomic E-state index is 0.0949. The summed E-state index contributed by atoms with van der Waals surface area (Å²) in [7, 11) is 0. The third-order valence-corrected chi connectivity index (χ3v) is 4.86. The Bertz CT molecular complexity index is 1000. The van der Waals surface area contributed by atoms with E-state index in [4.69, 9.17) is 21.1 Å². The van der Waals surface area contributed by atoms with E-state index in [0.29, 0.717) is 35.7 Å². The Balaban J connectivity index is 1.61. The van der Waals surface area contributed by atoms with Gasteiger partial charge < -0.3 is 9.47 Å². The maximum atomic E-state index is 12.0. The fraction of sp³-hybridized carbons (Fsp3) is 0.250. The van der Waals surface area contributed by atoms with E-state index < -0.39 is 0 Å². The molecule has 0 saturated carbocycles. The van der Waals surface area contributed by atoms with Crippen LogP contribution in [0.2, 0.25) is 5.02 Å². The van der Waals surface area contributed by atoms with Gasteiger partial charge in [-0.05, 0) is 30.7 Å². The average molecular weight is 399 g/mol. The van der Waals surface area contributed by atoms with Crippen LogP contribution < -0.4 is 14.8 Å². The molecule has 28 heavy (non-hydrogen) atoms. The number of hydrogen-bond acceptors (Lipinski definition) is 5. The van der Waals surface area contributed by atoms with E-state index in [2.05, 4.69) is 15.4 Å². The van der Waals surface area contributed by atoms with Gasteiger partial charge in [0.05, 0.1) is 19.1 Å². The van der Waals surface area contributed by atoms with E-state index in [1.807, 2.05) is 49.4 Å². The predicted octanol–water partition coefficient (Wildman–Crippen LogP) is 3.84. The molecule has 1 N–H and O–H groups in total. The summed E-state index contributed by atoms with van der Waals surface area (Å²) in [4.78, 5) is 16.1. The Labute approximate surface area is 167 Å². The summed E-state index contributed by atoms with van der Waals surface area (Å²) in [6.45, 7) is 2.73. The fourth-order valence-electron chi connectivity index (χ4n) is 3.15. The summed E-state index contributed by atoms with van der Waals surface area (Å²) in [5.74, 6) is 1.57. The van der Waals surface area contributed by atoms with E-state index >= 15 is 0 Å². The SMILES string of the molecule is CCOc1cc(C2CC(=O)Nc3ncnn32)ccc1OCc1ccccc1Cl. The van der Waals surface area contributed by atoms with Crippen molar-refractivity contribution in [3.05, 3.63) is 64.9 Å². The molecule has 1 aliphatic rings. The molecule has 4 rings (SSSR count). The quantitative estimate of drug-likeness (QED) is 0.682. The number of carbonyl (C=O) groups is 1. The number of ether oxygens (including phenoxy) is 2. The lowest BCUT2D eigenvalue weighted by atomic mass is 10.0. The number of benzene rings is 2. The minimum Gasteiger partial charge on any atom is -0.490 e. The molecule has 2 heterocycles. The summed E-state index contributed by atoms with van der Waals surface area (Å²) in [6.07, 6.45) is 1.71. The molecule has 3 aromatic rings. The van der Waals surface area contributed by atoms with Crippen LogP contribution in [0.4, 0.5) is 5.95 Å². The lowest BCUT2D eigenvalue weighted by molar-refractivity contribution is -0.117. The largest absolute Gasteiger partial charge is 0.490 e. The van der Waals surface area contributed by atoms with E-state index in [1.165, 1.54) is 6.33 Å². The molecule has 0 bridgehead atoms. The summed E-state index contributed by atoms with van der Waals surface area (Å²) in [5.41, 5.74) is 1.79. The Hall–Kier alpha value is -3.06. The second-order valence-corrected chi connectivity index (χ2v) is 6.72. The van der Waals surface area contributed by atoms with Gasteiger partial charge in [-0.3, -0.25) is 10.1 Å². The highest BCUT2D eigenvalue weighted by molar-refractivity contribution is 6.31. The summed E-state index contributed by atoms with van der Waals surface area (Å²) < 4.78 is 13.4. The third kappa shape index (κ3) is 3.66. The first-order valence-electron chi connectivity index (χ1n) is 8.98. The van der Waals surface area contributed by atoms with Gasteiger partial charge in [0.15, 0.2) is 11.5 Å². The van der Waals surface area contributed by atoms with Crippen LogP contribution in [0.25, 0.3) is 0 Å². The number of aromatic nitrogens is 3. The van der Waals surface area contributed by atoms with Gasteiger partial charge in [0.1, 0.15) is 12.9 Å². The smallest absolute Gasteiger partial charge is 0.229 e. The molecule has 144 valence electrons. The zero-order valence-corrected chi connectivity index (χ0v) is 16.0. The first-order chi connectivity index (χ1) is 13.7. The van der Waals surface area contributed by atoms with Crippen LogP contribution in [0.3, 0.4) is 0 Å². The van der Waals surface area contributed by atoms with Crippen LogP contribution in [0.1, 0.15) is 30.5 Å². The van der Waals surface area contributed by atoms with E-state index in [-0.39, 0.29) is 18.4 Å². The highest BCUT2D eigenvalue weighted by Crippen LogP contribution is 2.35. The summed E-state index contributed by atoms with van der Waals surface area (Å²) in [5, 5.41) is 7.61. The number of halogens is 1. The lowest BCUT2D eigenvalue weighted by Gasteiger charge is -2.24. The number of amides is 1. The molecule has 1 amide bonds. The molecule has 0 aliphatic carbocycles. The maximum absolute atomic E-state index is 12.0. The van der Waals surface area contributed by atoms with Crippen molar-refractivity contribution in [2.24, 2.45) is 0 Å². The molecule has 2 aromatic carbocycles. The molecule has 1 aromatic heterocycles. The second kappa shape index (κ2) is 7.90. The summed E-state index contributed by atoms with van der Waals surface area (Å²) in [6, 6.07) is 13.0. The van der Waals surface area contributed by atoms with E-state index in [0.717, 1.165) is 11.1 Å². The van der Waals surface area contributed by atoms with Crippen molar-refractivity contribution in [2.45, 2.75) is 26.0 Å². The van der Waals surface area contributed by atoms with Gasteiger partial charge >= 0.3 is 0 Å². The molecule has 8 heteroatoms. The number of fused-ring (bicyclic) bond motifs is 1. The zero-order chi connectivity index (χ0) is 19.5. The van der Waals surface area contributed by atoms with Crippen molar-refractivity contribution in [1.29, 1.82) is 0 Å². The summed E-state index contributed by atoms with van der Waals surface area (Å²) >= 11 is 6.20. The van der Waals surface area contributed by atoms with Crippen molar-refractivity contribution in [3.8, 4) is 11.5 Å². The molecular formula is C20H19ClN4O3. The highest BCUT2D eigenvalue weighted by Gasteiger charge is 2.28. The maximum Gasteiger partial charge on any atom is 0.229 e.